The molecule has 2 aliphatic rings. The predicted octanol–water partition coefficient (Wildman–Crippen LogP) is -0.537. The summed E-state index contributed by atoms with van der Waals surface area (Å²) >= 11 is 0. The van der Waals surface area contributed by atoms with E-state index >= 15 is 0 Å². The summed E-state index contributed by atoms with van der Waals surface area (Å²) < 4.78 is 0. The molecule has 13 heavy (non-hydrogen) atoms. The van der Waals surface area contributed by atoms with Crippen LogP contribution in [0.15, 0.2) is 0 Å². The van der Waals surface area contributed by atoms with Gasteiger partial charge in [-0.2, -0.15) is 0 Å². The quantitative estimate of drug-likeness (QED) is 0.514. The van der Waals surface area contributed by atoms with Gasteiger partial charge in [0.15, 0.2) is 0 Å². The molecule has 74 valence electrons. The first-order valence-electron chi connectivity index (χ1n) is 4.56. The molecule has 0 radical (unpaired) electrons. The molecule has 1 aliphatic carbocycles. The van der Waals surface area contributed by atoms with Crippen molar-refractivity contribution in [3.05, 3.63) is 0 Å². The Morgan fingerprint density at radius 3 is 2.77 bits per heavy atom. The highest BCUT2D eigenvalue weighted by Gasteiger charge is 2.51. The van der Waals surface area contributed by atoms with E-state index < -0.39 is 11.7 Å². The first kappa shape index (κ1) is 8.77. The summed E-state index contributed by atoms with van der Waals surface area (Å²) in [5, 5.41) is 21.8. The van der Waals surface area contributed by atoms with Crippen LogP contribution in [0, 0.1) is 0 Å². The maximum Gasteiger partial charge on any atom is 0.407 e. The van der Waals surface area contributed by atoms with Crippen LogP contribution in [0.3, 0.4) is 0 Å². The number of nitrogens with zero attached hydrogens (tertiary/aromatic N) is 1. The molecule has 1 saturated carbocycles. The molecule has 1 saturated heterocycles. The van der Waals surface area contributed by atoms with E-state index in [-0.39, 0.29) is 6.04 Å². The molecule has 1 heterocycles. The third-order valence-corrected chi connectivity index (χ3v) is 2.87. The average molecular weight is 186 g/mol. The molecule has 5 nitrogen and oxygen atoms in total. The zero-order valence-corrected chi connectivity index (χ0v) is 7.36. The third kappa shape index (κ3) is 1.49. The van der Waals surface area contributed by atoms with Crippen molar-refractivity contribution in [3.63, 3.8) is 0 Å². The minimum atomic E-state index is -0.924. The van der Waals surface area contributed by atoms with E-state index in [4.69, 9.17) is 5.11 Å². The van der Waals surface area contributed by atoms with E-state index in [9.17, 15) is 9.90 Å². The summed E-state index contributed by atoms with van der Waals surface area (Å²) in [6, 6.07) is -0.251. The Bertz CT molecular complexity index is 227. The van der Waals surface area contributed by atoms with Crippen molar-refractivity contribution in [1.82, 2.24) is 10.2 Å². The Kier molecular flexibility index (Phi) is 1.92. The first-order chi connectivity index (χ1) is 6.13. The molecule has 1 amide bonds. The Morgan fingerprint density at radius 2 is 2.23 bits per heavy atom. The number of hydrogen-bond acceptors (Lipinski definition) is 3. The summed E-state index contributed by atoms with van der Waals surface area (Å²) in [7, 11) is 0. The lowest BCUT2D eigenvalue weighted by molar-refractivity contribution is 0.0205. The maximum absolute atomic E-state index is 10.8. The molecule has 0 bridgehead atoms. The monoisotopic (exact) mass is 186 g/mol. The van der Waals surface area contributed by atoms with Crippen molar-refractivity contribution < 1.29 is 15.0 Å². The van der Waals surface area contributed by atoms with Crippen molar-refractivity contribution in [2.45, 2.75) is 24.5 Å². The van der Waals surface area contributed by atoms with Gasteiger partial charge < -0.3 is 15.5 Å². The molecule has 2 rings (SSSR count). The lowest BCUT2D eigenvalue weighted by Gasteiger charge is -2.37. The maximum atomic E-state index is 10.8. The summed E-state index contributed by atoms with van der Waals surface area (Å²) in [6.45, 7) is 1.73. The van der Waals surface area contributed by atoms with Gasteiger partial charge >= 0.3 is 6.09 Å². The molecule has 0 spiro atoms. The van der Waals surface area contributed by atoms with Gasteiger partial charge in [0.25, 0.3) is 0 Å². The van der Waals surface area contributed by atoms with Gasteiger partial charge in [-0.15, -0.1) is 0 Å². The van der Waals surface area contributed by atoms with Crippen LogP contribution >= 0.6 is 0 Å². The van der Waals surface area contributed by atoms with Gasteiger partial charge in [-0.3, -0.25) is 4.90 Å². The number of hydrogen-bond donors (Lipinski definition) is 3. The van der Waals surface area contributed by atoms with Crippen LogP contribution in [0.4, 0.5) is 4.79 Å². The van der Waals surface area contributed by atoms with Crippen LogP contribution in [0.2, 0.25) is 0 Å². The van der Waals surface area contributed by atoms with Crippen molar-refractivity contribution in [1.29, 1.82) is 0 Å². The summed E-state index contributed by atoms with van der Waals surface area (Å²) in [4.78, 5) is 12.2. The molecule has 0 aromatic carbocycles. The molecule has 1 unspecified atom stereocenters. The van der Waals surface area contributed by atoms with Gasteiger partial charge in [0.05, 0.1) is 11.6 Å². The van der Waals surface area contributed by atoms with Gasteiger partial charge in [-0.05, 0) is 12.8 Å². The fourth-order valence-electron chi connectivity index (χ4n) is 1.87. The van der Waals surface area contributed by atoms with Gasteiger partial charge in [0.1, 0.15) is 0 Å². The van der Waals surface area contributed by atoms with Crippen LogP contribution in [-0.4, -0.2) is 52.5 Å². The number of carbonyl (C=O) groups is 1. The number of rotatable bonds is 1. The smallest absolute Gasteiger partial charge is 0.407 e. The van der Waals surface area contributed by atoms with Crippen molar-refractivity contribution in [2.24, 2.45) is 0 Å². The molecule has 0 aromatic heterocycles. The lowest BCUT2D eigenvalue weighted by Crippen LogP contribution is -2.58. The number of aliphatic hydroxyl groups is 1. The lowest BCUT2D eigenvalue weighted by atomic mass is 10.1. The Hall–Kier alpha value is -0.810. The molecule has 5 heteroatoms. The fraction of sp³-hybridized carbons (Fsp3) is 0.875. The van der Waals surface area contributed by atoms with Gasteiger partial charge in [0, 0.05) is 19.6 Å². The normalized spacial score (nSPS) is 31.5. The minimum Gasteiger partial charge on any atom is -0.465 e. The van der Waals surface area contributed by atoms with Gasteiger partial charge in [-0.25, -0.2) is 4.79 Å². The molecule has 1 aliphatic heterocycles. The molecule has 2 fully saturated rings. The van der Waals surface area contributed by atoms with E-state index in [1.165, 1.54) is 4.90 Å². The van der Waals surface area contributed by atoms with Crippen molar-refractivity contribution in [3.8, 4) is 0 Å². The Labute approximate surface area is 76.3 Å². The average Bonchev–Trinajstić information content (AvgIpc) is 2.85. The van der Waals surface area contributed by atoms with E-state index in [0.29, 0.717) is 19.6 Å². The second kappa shape index (κ2) is 2.85. The molecule has 1 atom stereocenters. The minimum absolute atomic E-state index is 0.251. The van der Waals surface area contributed by atoms with Crippen LogP contribution in [0.1, 0.15) is 12.8 Å². The van der Waals surface area contributed by atoms with Crippen LogP contribution in [0.25, 0.3) is 0 Å². The Morgan fingerprint density at radius 1 is 1.54 bits per heavy atom. The number of carboxylic acid groups (broad SMARTS) is 1. The van der Waals surface area contributed by atoms with Crippen LogP contribution in [-0.2, 0) is 0 Å². The van der Waals surface area contributed by atoms with E-state index in [0.717, 1.165) is 12.8 Å². The topological polar surface area (TPSA) is 72.8 Å². The first-order valence-corrected chi connectivity index (χ1v) is 4.56. The molecular weight excluding hydrogens is 172 g/mol. The second-order valence-corrected chi connectivity index (χ2v) is 3.80. The zero-order chi connectivity index (χ0) is 9.47. The van der Waals surface area contributed by atoms with E-state index in [2.05, 4.69) is 5.32 Å². The highest BCUT2D eigenvalue weighted by atomic mass is 16.4. The second-order valence-electron chi connectivity index (χ2n) is 3.80. The Balaban J connectivity index is 2.09. The summed E-state index contributed by atoms with van der Waals surface area (Å²) in [6.07, 6.45) is 0.526. The molecular formula is C8H14N2O3. The standard InChI is InChI=1S/C8H14N2O3/c11-7(12)10-4-3-9-5-6(10)8(13)1-2-8/h6,9,13H,1-5H2,(H,11,12). The summed E-state index contributed by atoms with van der Waals surface area (Å²) in [5.74, 6) is 0. The zero-order valence-electron chi connectivity index (χ0n) is 7.36. The SMILES string of the molecule is O=C(O)N1CCNCC1C1(O)CC1. The van der Waals surface area contributed by atoms with Crippen LogP contribution in [0.5, 0.6) is 0 Å². The molecule has 0 aromatic rings. The number of nitrogens with one attached hydrogen (secondary N) is 1. The predicted molar refractivity (Wildman–Crippen MR) is 45.6 cm³/mol. The van der Waals surface area contributed by atoms with Gasteiger partial charge in [-0.1, -0.05) is 0 Å². The largest absolute Gasteiger partial charge is 0.465 e. The van der Waals surface area contributed by atoms with Gasteiger partial charge in [0.2, 0.25) is 0 Å². The highest BCUT2D eigenvalue weighted by Crippen LogP contribution is 2.41. The van der Waals surface area contributed by atoms with E-state index in [1.54, 1.807) is 0 Å². The number of amides is 1. The highest BCUT2D eigenvalue weighted by molar-refractivity contribution is 5.66. The number of piperazine rings is 1. The fourth-order valence-corrected chi connectivity index (χ4v) is 1.87. The summed E-state index contributed by atoms with van der Waals surface area (Å²) in [5.41, 5.74) is -0.744. The van der Waals surface area contributed by atoms with Crippen LogP contribution < -0.4 is 5.32 Å². The van der Waals surface area contributed by atoms with Crippen molar-refractivity contribution in [2.75, 3.05) is 19.6 Å². The van der Waals surface area contributed by atoms with E-state index in [1.807, 2.05) is 0 Å². The molecule has 3 N–H and O–H groups in total. The van der Waals surface area contributed by atoms with Crippen molar-refractivity contribution >= 4 is 6.09 Å². The third-order valence-electron chi connectivity index (χ3n) is 2.87.